The highest BCUT2D eigenvalue weighted by Crippen LogP contribution is 2.21. The largest absolute Gasteiger partial charge is 0.319 e. The Bertz CT molecular complexity index is 1480. The zero-order valence-electron chi connectivity index (χ0n) is 20.3. The SMILES string of the molecule is CC(C)n1ncc2cc(NC(=O)c3cccc(C(=O)Nc4cnc5c(cnn5C(C)C)c4)n3)cnc21. The zero-order valence-corrected chi connectivity index (χ0v) is 20.3. The maximum absolute atomic E-state index is 12.8. The predicted octanol–water partition coefficient (Wildman–Crippen LogP) is 4.24. The molecule has 5 aromatic rings. The van der Waals surface area contributed by atoms with Gasteiger partial charge in [0.1, 0.15) is 11.4 Å². The molecule has 2 amide bonds. The Balaban J connectivity index is 1.31. The van der Waals surface area contributed by atoms with Gasteiger partial charge in [-0.15, -0.1) is 0 Å². The quantitative estimate of drug-likeness (QED) is 0.369. The average Bonchev–Trinajstić information content (AvgIpc) is 3.48. The molecule has 0 fully saturated rings. The van der Waals surface area contributed by atoms with Gasteiger partial charge in [-0.05, 0) is 52.0 Å². The number of amides is 2. The molecule has 0 bridgehead atoms. The molecule has 0 unspecified atom stereocenters. The molecule has 0 aliphatic rings. The van der Waals surface area contributed by atoms with Gasteiger partial charge in [0.15, 0.2) is 11.3 Å². The van der Waals surface area contributed by atoms with Crippen LogP contribution in [0.3, 0.4) is 0 Å². The topological polar surface area (TPSA) is 133 Å². The summed E-state index contributed by atoms with van der Waals surface area (Å²) in [5, 5.41) is 15.9. The molecule has 5 aromatic heterocycles. The second-order valence-corrected chi connectivity index (χ2v) is 8.96. The number of nitrogens with one attached hydrogen (secondary N) is 2. The van der Waals surface area contributed by atoms with Crippen molar-refractivity contribution >= 4 is 45.3 Å². The normalized spacial score (nSPS) is 11.5. The van der Waals surface area contributed by atoms with E-state index in [9.17, 15) is 9.59 Å². The number of hydrogen-bond donors (Lipinski definition) is 2. The second-order valence-electron chi connectivity index (χ2n) is 8.96. The van der Waals surface area contributed by atoms with E-state index in [1.807, 2.05) is 37.1 Å². The molecule has 11 nitrogen and oxygen atoms in total. The molecular weight excluding hydrogens is 458 g/mol. The summed E-state index contributed by atoms with van der Waals surface area (Å²) in [7, 11) is 0. The van der Waals surface area contributed by atoms with Gasteiger partial charge in [0, 0.05) is 22.9 Å². The molecule has 11 heteroatoms. The van der Waals surface area contributed by atoms with E-state index in [1.165, 1.54) is 0 Å². The van der Waals surface area contributed by atoms with Gasteiger partial charge < -0.3 is 10.6 Å². The van der Waals surface area contributed by atoms with Crippen LogP contribution in [0, 0.1) is 0 Å². The van der Waals surface area contributed by atoms with Crippen molar-refractivity contribution in [1.29, 1.82) is 0 Å². The summed E-state index contributed by atoms with van der Waals surface area (Å²) in [6, 6.07) is 8.64. The molecule has 0 aliphatic heterocycles. The standard InChI is InChI=1S/C25H25N9O2/c1-14(2)33-22-16(10-28-33)8-18(12-26-22)30-24(35)20-6-5-7-21(32-20)25(36)31-19-9-17-11-29-34(15(3)4)23(17)27-13-19/h5-15H,1-4H3,(H,30,35)(H,31,36). The Labute approximate surface area is 206 Å². The molecule has 0 atom stereocenters. The third-order valence-corrected chi connectivity index (χ3v) is 5.58. The maximum atomic E-state index is 12.8. The number of carbonyl (C=O) groups excluding carboxylic acids is 2. The molecule has 36 heavy (non-hydrogen) atoms. The average molecular weight is 484 g/mol. The van der Waals surface area contributed by atoms with Gasteiger partial charge in [0.2, 0.25) is 0 Å². The number of carbonyl (C=O) groups is 2. The highest BCUT2D eigenvalue weighted by molar-refractivity contribution is 6.06. The van der Waals surface area contributed by atoms with Crippen molar-refractivity contribution in [3.63, 3.8) is 0 Å². The second kappa shape index (κ2) is 9.17. The van der Waals surface area contributed by atoms with E-state index in [0.29, 0.717) is 11.4 Å². The Kier molecular flexibility index (Phi) is 5.88. The Morgan fingerprint density at radius 2 is 1.17 bits per heavy atom. The van der Waals surface area contributed by atoms with Gasteiger partial charge in [-0.1, -0.05) is 6.07 Å². The van der Waals surface area contributed by atoms with E-state index in [2.05, 4.69) is 35.8 Å². The highest BCUT2D eigenvalue weighted by atomic mass is 16.2. The van der Waals surface area contributed by atoms with Crippen molar-refractivity contribution in [2.75, 3.05) is 10.6 Å². The fraction of sp³-hybridized carbons (Fsp3) is 0.240. The molecule has 0 aromatic carbocycles. The molecule has 5 rings (SSSR count). The Morgan fingerprint density at radius 1 is 0.722 bits per heavy atom. The van der Waals surface area contributed by atoms with Crippen LogP contribution >= 0.6 is 0 Å². The first-order chi connectivity index (χ1) is 17.3. The number of anilines is 2. The number of rotatable bonds is 6. The van der Waals surface area contributed by atoms with Crippen molar-refractivity contribution in [1.82, 2.24) is 34.5 Å². The number of pyridine rings is 3. The van der Waals surface area contributed by atoms with Gasteiger partial charge in [-0.25, -0.2) is 24.3 Å². The molecule has 0 saturated heterocycles. The first-order valence-corrected chi connectivity index (χ1v) is 11.6. The Morgan fingerprint density at radius 3 is 1.58 bits per heavy atom. The van der Waals surface area contributed by atoms with Crippen LogP contribution in [0.4, 0.5) is 11.4 Å². The fourth-order valence-corrected chi connectivity index (χ4v) is 3.85. The number of nitrogens with zero attached hydrogens (tertiary/aromatic N) is 7. The number of fused-ring (bicyclic) bond motifs is 2. The lowest BCUT2D eigenvalue weighted by molar-refractivity contribution is 0.101. The molecule has 0 radical (unpaired) electrons. The first kappa shape index (κ1) is 23.1. The summed E-state index contributed by atoms with van der Waals surface area (Å²) in [6.07, 6.45) is 6.56. The van der Waals surface area contributed by atoms with Crippen molar-refractivity contribution in [3.05, 3.63) is 66.5 Å². The maximum Gasteiger partial charge on any atom is 0.274 e. The van der Waals surface area contributed by atoms with E-state index in [4.69, 9.17) is 0 Å². The molecule has 0 spiro atoms. The summed E-state index contributed by atoms with van der Waals surface area (Å²) in [5.41, 5.74) is 2.70. The van der Waals surface area contributed by atoms with Crippen LogP contribution in [0.1, 0.15) is 60.8 Å². The van der Waals surface area contributed by atoms with Gasteiger partial charge >= 0.3 is 0 Å². The van der Waals surface area contributed by atoms with E-state index >= 15 is 0 Å². The summed E-state index contributed by atoms with van der Waals surface area (Å²) in [4.78, 5) is 38.7. The summed E-state index contributed by atoms with van der Waals surface area (Å²) in [6.45, 7) is 8.09. The zero-order chi connectivity index (χ0) is 25.4. The predicted molar refractivity (Wildman–Crippen MR) is 136 cm³/mol. The number of aromatic nitrogens is 7. The van der Waals surface area contributed by atoms with E-state index in [0.717, 1.165) is 22.1 Å². The van der Waals surface area contributed by atoms with Crippen LogP contribution in [0.25, 0.3) is 22.1 Å². The molecule has 5 heterocycles. The fourth-order valence-electron chi connectivity index (χ4n) is 3.85. The van der Waals surface area contributed by atoms with Crippen molar-refractivity contribution < 1.29 is 9.59 Å². The monoisotopic (exact) mass is 483 g/mol. The summed E-state index contributed by atoms with van der Waals surface area (Å²) >= 11 is 0. The molecule has 182 valence electrons. The molecule has 0 saturated carbocycles. The van der Waals surface area contributed by atoms with Crippen LogP contribution in [-0.2, 0) is 0 Å². The molecule has 0 aliphatic carbocycles. The van der Waals surface area contributed by atoms with Gasteiger partial charge in [0.25, 0.3) is 11.8 Å². The summed E-state index contributed by atoms with van der Waals surface area (Å²) in [5.74, 6) is -0.905. The van der Waals surface area contributed by atoms with Crippen LogP contribution in [0.15, 0.2) is 55.1 Å². The van der Waals surface area contributed by atoms with E-state index in [-0.39, 0.29) is 23.5 Å². The van der Waals surface area contributed by atoms with Crippen LogP contribution < -0.4 is 10.6 Å². The van der Waals surface area contributed by atoms with Gasteiger partial charge in [0.05, 0.1) is 36.2 Å². The first-order valence-electron chi connectivity index (χ1n) is 11.6. The third-order valence-electron chi connectivity index (χ3n) is 5.58. The Hall–Kier alpha value is -4.67. The van der Waals surface area contributed by atoms with Crippen LogP contribution in [0.5, 0.6) is 0 Å². The van der Waals surface area contributed by atoms with Crippen molar-refractivity contribution in [3.8, 4) is 0 Å². The lowest BCUT2D eigenvalue weighted by Crippen LogP contribution is -2.18. The van der Waals surface area contributed by atoms with E-state index < -0.39 is 11.8 Å². The smallest absolute Gasteiger partial charge is 0.274 e. The number of hydrogen-bond acceptors (Lipinski definition) is 7. The minimum atomic E-state index is -0.453. The lowest BCUT2D eigenvalue weighted by atomic mass is 10.2. The summed E-state index contributed by atoms with van der Waals surface area (Å²) < 4.78 is 3.63. The highest BCUT2D eigenvalue weighted by Gasteiger charge is 2.15. The van der Waals surface area contributed by atoms with Gasteiger partial charge in [-0.2, -0.15) is 10.2 Å². The van der Waals surface area contributed by atoms with Crippen molar-refractivity contribution in [2.24, 2.45) is 0 Å². The minimum Gasteiger partial charge on any atom is -0.319 e. The lowest BCUT2D eigenvalue weighted by Gasteiger charge is -2.09. The van der Waals surface area contributed by atoms with E-state index in [1.54, 1.807) is 55.1 Å². The van der Waals surface area contributed by atoms with Crippen LogP contribution in [0.2, 0.25) is 0 Å². The van der Waals surface area contributed by atoms with Gasteiger partial charge in [-0.3, -0.25) is 9.59 Å². The molecular formula is C25H25N9O2. The molecule has 2 N–H and O–H groups in total. The third kappa shape index (κ3) is 4.38. The van der Waals surface area contributed by atoms with Crippen molar-refractivity contribution in [2.45, 2.75) is 39.8 Å². The van der Waals surface area contributed by atoms with Crippen LogP contribution in [-0.4, -0.2) is 46.3 Å². The minimum absolute atomic E-state index is 0.104.